The van der Waals surface area contributed by atoms with Crippen LogP contribution < -0.4 is 0 Å². The molecule has 0 spiro atoms. The normalized spacial score (nSPS) is 16.2. The van der Waals surface area contributed by atoms with E-state index < -0.39 is 6.10 Å². The molecule has 2 aromatic carbocycles. The van der Waals surface area contributed by atoms with Gasteiger partial charge in [0.2, 0.25) is 5.91 Å². The zero-order chi connectivity index (χ0) is 20.8. The minimum Gasteiger partial charge on any atom is -0.389 e. The third-order valence-corrected chi connectivity index (χ3v) is 5.59. The number of aliphatic hydroxyl groups is 1. The summed E-state index contributed by atoms with van der Waals surface area (Å²) in [5, 5.41) is 11.8. The Morgan fingerprint density at radius 1 is 0.966 bits per heavy atom. The van der Waals surface area contributed by atoms with Crippen molar-refractivity contribution in [2.45, 2.75) is 19.1 Å². The van der Waals surface area contributed by atoms with Gasteiger partial charge in [-0.2, -0.15) is 0 Å². The van der Waals surface area contributed by atoms with Gasteiger partial charge in [0, 0.05) is 49.7 Å². The molecule has 3 rings (SSSR count). The number of hydrogen-bond acceptors (Lipinski definition) is 4. The van der Waals surface area contributed by atoms with Crippen molar-refractivity contribution in [3.8, 4) is 0 Å². The number of halogens is 2. The molecule has 0 bridgehead atoms. The number of amides is 1. The van der Waals surface area contributed by atoms with Gasteiger partial charge < -0.3 is 14.7 Å². The van der Waals surface area contributed by atoms with E-state index in [4.69, 9.17) is 27.9 Å². The first kappa shape index (κ1) is 22.1. The monoisotopic (exact) mass is 436 g/mol. The smallest absolute Gasteiger partial charge is 0.219 e. The molecule has 1 unspecified atom stereocenters. The number of carbonyl (C=O) groups is 1. The average molecular weight is 437 g/mol. The molecule has 1 saturated heterocycles. The number of benzene rings is 2. The predicted octanol–water partition coefficient (Wildman–Crippen LogP) is 3.62. The van der Waals surface area contributed by atoms with Gasteiger partial charge in [-0.3, -0.25) is 9.69 Å². The van der Waals surface area contributed by atoms with E-state index >= 15 is 0 Å². The first-order valence-electron chi connectivity index (χ1n) is 9.71. The maximum Gasteiger partial charge on any atom is 0.219 e. The minimum absolute atomic E-state index is 0.0994. The van der Waals surface area contributed by atoms with Crippen LogP contribution in [0.25, 0.3) is 0 Å². The van der Waals surface area contributed by atoms with Crippen molar-refractivity contribution in [1.29, 1.82) is 0 Å². The van der Waals surface area contributed by atoms with Crippen molar-refractivity contribution in [1.82, 2.24) is 9.80 Å². The largest absolute Gasteiger partial charge is 0.389 e. The number of ether oxygens (including phenoxy) is 1. The Kier molecular flexibility index (Phi) is 7.92. The van der Waals surface area contributed by atoms with Gasteiger partial charge in [0.05, 0.1) is 12.7 Å². The van der Waals surface area contributed by atoms with Gasteiger partial charge in [0.1, 0.15) is 6.10 Å². The third kappa shape index (κ3) is 6.43. The Bertz CT molecular complexity index is 745. The summed E-state index contributed by atoms with van der Waals surface area (Å²) in [5.41, 5.74) is 1.91. The molecule has 0 radical (unpaired) electrons. The number of piperazine rings is 1. The van der Waals surface area contributed by atoms with Gasteiger partial charge in [-0.25, -0.2) is 0 Å². The molecule has 2 aromatic rings. The summed E-state index contributed by atoms with van der Waals surface area (Å²) in [6, 6.07) is 15.0. The molecule has 1 amide bonds. The zero-order valence-corrected chi connectivity index (χ0v) is 17.9. The van der Waals surface area contributed by atoms with Crippen molar-refractivity contribution in [3.05, 3.63) is 69.7 Å². The number of nitrogens with zero attached hydrogens (tertiary/aromatic N) is 2. The number of rotatable bonds is 7. The van der Waals surface area contributed by atoms with E-state index in [0.29, 0.717) is 29.7 Å². The Morgan fingerprint density at radius 3 is 1.90 bits per heavy atom. The van der Waals surface area contributed by atoms with Crippen LogP contribution in [0.5, 0.6) is 0 Å². The highest BCUT2D eigenvalue weighted by Gasteiger charge is 2.22. The van der Waals surface area contributed by atoms with Crippen LogP contribution in [0, 0.1) is 0 Å². The van der Waals surface area contributed by atoms with E-state index in [0.717, 1.165) is 24.2 Å². The SMILES string of the molecule is CC(=O)N1CCN(CC(O)COC(c2ccc(Cl)cc2)c2ccc(Cl)cc2)CC1. The quantitative estimate of drug-likeness (QED) is 0.719. The number of hydrogen-bond donors (Lipinski definition) is 1. The van der Waals surface area contributed by atoms with E-state index in [-0.39, 0.29) is 18.6 Å². The standard InChI is InChI=1S/C22H26Cl2N2O3/c1-16(27)26-12-10-25(11-13-26)14-21(28)15-29-22(17-2-6-19(23)7-3-17)18-4-8-20(24)9-5-18/h2-9,21-22,28H,10-15H2,1H3. The van der Waals surface area contributed by atoms with Gasteiger partial charge in [-0.05, 0) is 35.4 Å². The fraction of sp³-hybridized carbons (Fsp3) is 0.409. The van der Waals surface area contributed by atoms with Crippen molar-refractivity contribution in [2.24, 2.45) is 0 Å². The second-order valence-corrected chi connectivity index (χ2v) is 8.15. The molecule has 1 N–H and O–H groups in total. The summed E-state index contributed by atoms with van der Waals surface area (Å²) in [4.78, 5) is 15.4. The molecule has 0 aromatic heterocycles. The predicted molar refractivity (Wildman–Crippen MR) is 115 cm³/mol. The van der Waals surface area contributed by atoms with Gasteiger partial charge in [-0.15, -0.1) is 0 Å². The van der Waals surface area contributed by atoms with Crippen molar-refractivity contribution >= 4 is 29.1 Å². The summed E-state index contributed by atoms with van der Waals surface area (Å²) in [5.74, 6) is 0.0994. The maximum atomic E-state index is 11.4. The lowest BCUT2D eigenvalue weighted by atomic mass is 10.0. The highest BCUT2D eigenvalue weighted by molar-refractivity contribution is 6.30. The van der Waals surface area contributed by atoms with Crippen LogP contribution >= 0.6 is 23.2 Å². The number of aliphatic hydroxyl groups excluding tert-OH is 1. The molecule has 7 heteroatoms. The summed E-state index contributed by atoms with van der Waals surface area (Å²) < 4.78 is 6.13. The molecule has 29 heavy (non-hydrogen) atoms. The highest BCUT2D eigenvalue weighted by Crippen LogP contribution is 2.28. The lowest BCUT2D eigenvalue weighted by Gasteiger charge is -2.35. The third-order valence-electron chi connectivity index (χ3n) is 5.09. The number of β-amino-alcohol motifs (C(OH)–C–C–N with tert-alkyl or cyclic N) is 1. The van der Waals surface area contributed by atoms with Crippen molar-refractivity contribution in [2.75, 3.05) is 39.3 Å². The summed E-state index contributed by atoms with van der Waals surface area (Å²) in [7, 11) is 0. The summed E-state index contributed by atoms with van der Waals surface area (Å²) >= 11 is 12.0. The van der Waals surface area contributed by atoms with Crippen LogP contribution in [-0.4, -0.2) is 66.2 Å². The van der Waals surface area contributed by atoms with Crippen LogP contribution in [0.4, 0.5) is 0 Å². The van der Waals surface area contributed by atoms with Crippen LogP contribution in [0.2, 0.25) is 10.0 Å². The molecule has 0 saturated carbocycles. The molecule has 1 fully saturated rings. The highest BCUT2D eigenvalue weighted by atomic mass is 35.5. The first-order chi connectivity index (χ1) is 13.9. The average Bonchev–Trinajstić information content (AvgIpc) is 2.71. The topological polar surface area (TPSA) is 53.0 Å². The lowest BCUT2D eigenvalue weighted by molar-refractivity contribution is -0.130. The Morgan fingerprint density at radius 2 is 1.45 bits per heavy atom. The second-order valence-electron chi connectivity index (χ2n) is 7.28. The van der Waals surface area contributed by atoms with E-state index in [2.05, 4.69) is 4.90 Å². The van der Waals surface area contributed by atoms with Crippen LogP contribution in [0.15, 0.2) is 48.5 Å². The van der Waals surface area contributed by atoms with Crippen molar-refractivity contribution < 1.29 is 14.6 Å². The minimum atomic E-state index is -0.624. The maximum absolute atomic E-state index is 11.4. The van der Waals surface area contributed by atoms with Crippen LogP contribution in [0.1, 0.15) is 24.2 Å². The van der Waals surface area contributed by atoms with Crippen LogP contribution in [-0.2, 0) is 9.53 Å². The van der Waals surface area contributed by atoms with Crippen LogP contribution in [0.3, 0.4) is 0 Å². The molecule has 1 heterocycles. The second kappa shape index (κ2) is 10.4. The fourth-order valence-electron chi connectivity index (χ4n) is 3.46. The summed E-state index contributed by atoms with van der Waals surface area (Å²) in [6.45, 7) is 5.21. The molecule has 1 atom stereocenters. The molecular formula is C22H26Cl2N2O3. The molecule has 1 aliphatic heterocycles. The zero-order valence-electron chi connectivity index (χ0n) is 16.4. The Balaban J connectivity index is 1.60. The van der Waals surface area contributed by atoms with E-state index in [1.807, 2.05) is 53.4 Å². The molecule has 156 valence electrons. The van der Waals surface area contributed by atoms with Gasteiger partial charge in [-0.1, -0.05) is 47.5 Å². The van der Waals surface area contributed by atoms with E-state index in [1.54, 1.807) is 6.92 Å². The van der Waals surface area contributed by atoms with E-state index in [1.165, 1.54) is 0 Å². The lowest BCUT2D eigenvalue weighted by Crippen LogP contribution is -2.50. The molecular weight excluding hydrogens is 411 g/mol. The van der Waals surface area contributed by atoms with Gasteiger partial charge in [0.25, 0.3) is 0 Å². The van der Waals surface area contributed by atoms with E-state index in [9.17, 15) is 9.90 Å². The van der Waals surface area contributed by atoms with Gasteiger partial charge in [0.15, 0.2) is 0 Å². The molecule has 0 aliphatic carbocycles. The fourth-order valence-corrected chi connectivity index (χ4v) is 3.72. The molecule has 1 aliphatic rings. The Hall–Kier alpha value is -1.63. The summed E-state index contributed by atoms with van der Waals surface area (Å²) in [6.07, 6.45) is -0.949. The van der Waals surface area contributed by atoms with Gasteiger partial charge >= 0.3 is 0 Å². The van der Waals surface area contributed by atoms with Crippen molar-refractivity contribution in [3.63, 3.8) is 0 Å². The number of carbonyl (C=O) groups excluding carboxylic acids is 1. The Labute approximate surface area is 181 Å². The first-order valence-corrected chi connectivity index (χ1v) is 10.5. The molecule has 5 nitrogen and oxygen atoms in total.